The van der Waals surface area contributed by atoms with Crippen LogP contribution in [0.25, 0.3) is 0 Å². The Morgan fingerprint density at radius 3 is 2.67 bits per heavy atom. The average Bonchev–Trinajstić information content (AvgIpc) is 2.13. The first-order valence-corrected chi connectivity index (χ1v) is 7.63. The predicted octanol–water partition coefficient (Wildman–Crippen LogP) is 1.76. The van der Waals surface area contributed by atoms with Crippen LogP contribution in [0.3, 0.4) is 0 Å². The molecule has 0 spiro atoms. The Labute approximate surface area is 104 Å². The van der Waals surface area contributed by atoms with Crippen molar-refractivity contribution in [3.8, 4) is 0 Å². The maximum atomic E-state index is 10.9. The summed E-state index contributed by atoms with van der Waals surface area (Å²) in [6, 6.07) is 7.43. The van der Waals surface area contributed by atoms with Crippen LogP contribution in [0.5, 0.6) is 0 Å². The molecule has 0 bridgehead atoms. The SMILES string of the molecule is CS(=O)(=O)CCC(O)c1cccc(I)c1. The van der Waals surface area contributed by atoms with Gasteiger partial charge in [-0.2, -0.15) is 0 Å². The second kappa shape index (κ2) is 5.27. The Morgan fingerprint density at radius 2 is 2.13 bits per heavy atom. The van der Waals surface area contributed by atoms with E-state index in [4.69, 9.17) is 0 Å². The van der Waals surface area contributed by atoms with Gasteiger partial charge in [-0.3, -0.25) is 0 Å². The molecule has 0 radical (unpaired) electrons. The summed E-state index contributed by atoms with van der Waals surface area (Å²) in [5.41, 5.74) is 0.769. The number of hydrogen-bond acceptors (Lipinski definition) is 3. The monoisotopic (exact) mass is 340 g/mol. The van der Waals surface area contributed by atoms with Crippen molar-refractivity contribution in [1.29, 1.82) is 0 Å². The number of aliphatic hydroxyl groups excluding tert-OH is 1. The molecule has 0 saturated carbocycles. The fourth-order valence-corrected chi connectivity index (χ4v) is 2.42. The minimum atomic E-state index is -3.00. The van der Waals surface area contributed by atoms with Gasteiger partial charge in [0.2, 0.25) is 0 Å². The molecule has 5 heteroatoms. The third-order valence-electron chi connectivity index (χ3n) is 2.00. The van der Waals surface area contributed by atoms with Crippen LogP contribution in [0.15, 0.2) is 24.3 Å². The molecule has 0 aliphatic heterocycles. The number of sulfone groups is 1. The van der Waals surface area contributed by atoms with Crippen LogP contribution in [-0.4, -0.2) is 25.5 Å². The van der Waals surface area contributed by atoms with Gasteiger partial charge in [0.25, 0.3) is 0 Å². The summed E-state index contributed by atoms with van der Waals surface area (Å²) in [7, 11) is -3.00. The zero-order valence-corrected chi connectivity index (χ0v) is 11.3. The van der Waals surface area contributed by atoms with Crippen molar-refractivity contribution in [2.24, 2.45) is 0 Å². The zero-order chi connectivity index (χ0) is 11.5. The quantitative estimate of drug-likeness (QED) is 0.850. The Hall–Kier alpha value is -0.140. The molecule has 1 N–H and O–H groups in total. The highest BCUT2D eigenvalue weighted by atomic mass is 127. The van der Waals surface area contributed by atoms with E-state index in [0.717, 1.165) is 9.13 Å². The Bertz CT molecular complexity index is 428. The van der Waals surface area contributed by atoms with E-state index >= 15 is 0 Å². The van der Waals surface area contributed by atoms with Crippen molar-refractivity contribution < 1.29 is 13.5 Å². The fourth-order valence-electron chi connectivity index (χ4n) is 1.21. The number of hydrogen-bond donors (Lipinski definition) is 1. The molecule has 1 aromatic rings. The van der Waals surface area contributed by atoms with E-state index in [1.807, 2.05) is 18.2 Å². The molecule has 0 heterocycles. The van der Waals surface area contributed by atoms with Crippen molar-refractivity contribution in [2.75, 3.05) is 12.0 Å². The Balaban J connectivity index is 2.65. The Morgan fingerprint density at radius 1 is 1.47 bits per heavy atom. The summed E-state index contributed by atoms with van der Waals surface area (Å²) in [6.45, 7) is 0. The molecule has 0 aliphatic rings. The van der Waals surface area contributed by atoms with E-state index in [9.17, 15) is 13.5 Å². The Kier molecular flexibility index (Phi) is 4.54. The number of rotatable bonds is 4. The van der Waals surface area contributed by atoms with Gasteiger partial charge in [0.1, 0.15) is 9.84 Å². The van der Waals surface area contributed by atoms with E-state index in [0.29, 0.717) is 0 Å². The van der Waals surface area contributed by atoms with Gasteiger partial charge in [0, 0.05) is 9.83 Å². The van der Waals surface area contributed by atoms with Crippen LogP contribution in [0.4, 0.5) is 0 Å². The maximum Gasteiger partial charge on any atom is 0.147 e. The molecule has 15 heavy (non-hydrogen) atoms. The number of benzene rings is 1. The molecular weight excluding hydrogens is 327 g/mol. The molecule has 1 aromatic carbocycles. The molecule has 1 rings (SSSR count). The molecule has 1 atom stereocenters. The average molecular weight is 340 g/mol. The van der Waals surface area contributed by atoms with Gasteiger partial charge < -0.3 is 5.11 Å². The largest absolute Gasteiger partial charge is 0.388 e. The highest BCUT2D eigenvalue weighted by molar-refractivity contribution is 14.1. The summed E-state index contributed by atoms with van der Waals surface area (Å²) >= 11 is 2.15. The van der Waals surface area contributed by atoms with Crippen molar-refractivity contribution in [1.82, 2.24) is 0 Å². The fraction of sp³-hybridized carbons (Fsp3) is 0.400. The lowest BCUT2D eigenvalue weighted by atomic mass is 10.1. The summed E-state index contributed by atoms with van der Waals surface area (Å²) in [4.78, 5) is 0. The van der Waals surface area contributed by atoms with Crippen molar-refractivity contribution in [2.45, 2.75) is 12.5 Å². The van der Waals surface area contributed by atoms with Gasteiger partial charge in [-0.05, 0) is 46.7 Å². The molecule has 3 nitrogen and oxygen atoms in total. The smallest absolute Gasteiger partial charge is 0.147 e. The van der Waals surface area contributed by atoms with E-state index in [2.05, 4.69) is 22.6 Å². The topological polar surface area (TPSA) is 54.4 Å². The van der Waals surface area contributed by atoms with Gasteiger partial charge >= 0.3 is 0 Å². The molecule has 0 aliphatic carbocycles. The predicted molar refractivity (Wildman–Crippen MR) is 68.4 cm³/mol. The first-order valence-electron chi connectivity index (χ1n) is 4.50. The van der Waals surface area contributed by atoms with Gasteiger partial charge in [-0.25, -0.2) is 8.42 Å². The molecule has 0 amide bonds. The van der Waals surface area contributed by atoms with Crippen LogP contribution in [-0.2, 0) is 9.84 Å². The molecule has 0 aromatic heterocycles. The number of halogens is 1. The van der Waals surface area contributed by atoms with E-state index in [1.54, 1.807) is 6.07 Å². The second-order valence-electron chi connectivity index (χ2n) is 3.49. The second-order valence-corrected chi connectivity index (χ2v) is 6.99. The highest BCUT2D eigenvalue weighted by Crippen LogP contribution is 2.19. The van der Waals surface area contributed by atoms with Crippen molar-refractivity contribution in [3.63, 3.8) is 0 Å². The summed E-state index contributed by atoms with van der Waals surface area (Å²) in [5.74, 6) is 0.0135. The molecule has 0 saturated heterocycles. The number of aliphatic hydroxyl groups is 1. The molecular formula is C10H13IO3S. The van der Waals surface area contributed by atoms with E-state index < -0.39 is 15.9 Å². The third kappa shape index (κ3) is 4.94. The molecule has 0 fully saturated rings. The van der Waals surface area contributed by atoms with Crippen molar-refractivity contribution in [3.05, 3.63) is 33.4 Å². The molecule has 84 valence electrons. The van der Waals surface area contributed by atoms with Crippen LogP contribution in [0, 0.1) is 3.57 Å². The first-order chi connectivity index (χ1) is 6.88. The first kappa shape index (κ1) is 12.9. The lowest BCUT2D eigenvalue weighted by Crippen LogP contribution is -2.08. The van der Waals surface area contributed by atoms with Gasteiger partial charge in [0.15, 0.2) is 0 Å². The third-order valence-corrected chi connectivity index (χ3v) is 3.64. The van der Waals surface area contributed by atoms with E-state index in [1.165, 1.54) is 6.26 Å². The van der Waals surface area contributed by atoms with Crippen LogP contribution >= 0.6 is 22.6 Å². The van der Waals surface area contributed by atoms with Gasteiger partial charge in [-0.1, -0.05) is 12.1 Å². The maximum absolute atomic E-state index is 10.9. The zero-order valence-electron chi connectivity index (χ0n) is 8.35. The van der Waals surface area contributed by atoms with Crippen LogP contribution in [0.2, 0.25) is 0 Å². The minimum Gasteiger partial charge on any atom is -0.388 e. The normalized spacial score (nSPS) is 13.8. The van der Waals surface area contributed by atoms with Crippen LogP contribution in [0.1, 0.15) is 18.1 Å². The minimum absolute atomic E-state index is 0.0135. The summed E-state index contributed by atoms with van der Waals surface area (Å²) in [6.07, 6.45) is 0.724. The summed E-state index contributed by atoms with van der Waals surface area (Å²) in [5, 5.41) is 9.74. The molecule has 1 unspecified atom stereocenters. The standard InChI is InChI=1S/C10H13IO3S/c1-15(13,14)6-5-10(12)8-3-2-4-9(11)7-8/h2-4,7,10,12H,5-6H2,1H3. The van der Waals surface area contributed by atoms with Crippen molar-refractivity contribution >= 4 is 32.4 Å². The lowest BCUT2D eigenvalue weighted by Gasteiger charge is -2.10. The van der Waals surface area contributed by atoms with Crippen LogP contribution < -0.4 is 0 Å². The van der Waals surface area contributed by atoms with E-state index in [-0.39, 0.29) is 12.2 Å². The van der Waals surface area contributed by atoms with Gasteiger partial charge in [0.05, 0.1) is 11.9 Å². The summed E-state index contributed by atoms with van der Waals surface area (Å²) < 4.78 is 22.9. The highest BCUT2D eigenvalue weighted by Gasteiger charge is 2.11. The van der Waals surface area contributed by atoms with Gasteiger partial charge in [-0.15, -0.1) is 0 Å². The lowest BCUT2D eigenvalue weighted by molar-refractivity contribution is 0.174.